The van der Waals surface area contributed by atoms with Gasteiger partial charge in [0.25, 0.3) is 0 Å². The number of anilines is 1. The lowest BCUT2D eigenvalue weighted by atomic mass is 10.2. The van der Waals surface area contributed by atoms with Gasteiger partial charge in [0.1, 0.15) is 0 Å². The number of rotatable bonds is 6. The lowest BCUT2D eigenvalue weighted by Gasteiger charge is -2.36. The van der Waals surface area contributed by atoms with Crippen molar-refractivity contribution in [1.82, 2.24) is 15.5 Å². The maximum atomic E-state index is 11.6. The Hall–Kier alpha value is -1.80. The van der Waals surface area contributed by atoms with Crippen LogP contribution in [0.2, 0.25) is 0 Å². The van der Waals surface area contributed by atoms with Crippen molar-refractivity contribution in [1.29, 1.82) is 0 Å². The first-order valence-corrected chi connectivity index (χ1v) is 12.0. The number of benzene rings is 1. The zero-order valence-corrected chi connectivity index (χ0v) is 17.8. The summed E-state index contributed by atoms with van der Waals surface area (Å²) in [5, 5.41) is 6.54. The van der Waals surface area contributed by atoms with Crippen molar-refractivity contribution in [3.05, 3.63) is 29.8 Å². The van der Waals surface area contributed by atoms with E-state index in [0.717, 1.165) is 45.7 Å². The van der Waals surface area contributed by atoms with Crippen molar-refractivity contribution in [2.45, 2.75) is 25.8 Å². The molecule has 2 saturated heterocycles. The second-order valence-electron chi connectivity index (χ2n) is 7.76. The molecular weight excluding hydrogens is 374 g/mol. The molecule has 156 valence electrons. The highest BCUT2D eigenvalue weighted by Gasteiger charge is 2.28. The van der Waals surface area contributed by atoms with Gasteiger partial charge in [-0.05, 0) is 44.0 Å². The van der Waals surface area contributed by atoms with E-state index in [0.29, 0.717) is 12.4 Å². The van der Waals surface area contributed by atoms with Crippen LogP contribution in [0.15, 0.2) is 29.3 Å². The van der Waals surface area contributed by atoms with Crippen molar-refractivity contribution >= 4 is 21.5 Å². The standard InChI is InChI=1S/C20H33N5O2S/c1-17-5-3-6-19(15-17)25-12-10-24(11-13-25)9-4-8-22-20(21-2)23-18-7-14-28(26,27)16-18/h3,5-6,15,18H,4,7-14,16H2,1-2H3,(H2,21,22,23). The summed E-state index contributed by atoms with van der Waals surface area (Å²) in [6.07, 6.45) is 1.70. The van der Waals surface area contributed by atoms with Crippen LogP contribution in [0.1, 0.15) is 18.4 Å². The lowest BCUT2D eigenvalue weighted by Crippen LogP contribution is -2.47. The highest BCUT2D eigenvalue weighted by atomic mass is 32.2. The van der Waals surface area contributed by atoms with E-state index in [-0.39, 0.29) is 17.5 Å². The number of guanidine groups is 1. The third-order valence-electron chi connectivity index (χ3n) is 5.48. The number of nitrogens with zero attached hydrogens (tertiary/aromatic N) is 3. The Balaban J connectivity index is 1.32. The molecule has 1 unspecified atom stereocenters. The second-order valence-corrected chi connectivity index (χ2v) is 9.99. The first-order valence-electron chi connectivity index (χ1n) is 10.2. The van der Waals surface area contributed by atoms with Crippen LogP contribution in [0.5, 0.6) is 0 Å². The molecule has 0 radical (unpaired) electrons. The summed E-state index contributed by atoms with van der Waals surface area (Å²) in [5.41, 5.74) is 2.63. The number of nitrogens with one attached hydrogen (secondary N) is 2. The van der Waals surface area contributed by atoms with Crippen LogP contribution in [0, 0.1) is 6.92 Å². The molecule has 0 aliphatic carbocycles. The van der Waals surface area contributed by atoms with Crippen molar-refractivity contribution in [2.24, 2.45) is 4.99 Å². The first kappa shape index (κ1) is 20.9. The third-order valence-corrected chi connectivity index (χ3v) is 7.25. The summed E-state index contributed by atoms with van der Waals surface area (Å²) >= 11 is 0. The molecule has 8 heteroatoms. The SMILES string of the molecule is CN=C(NCCCN1CCN(c2cccc(C)c2)CC1)NC1CCS(=O)(=O)C1. The molecule has 3 rings (SSSR count). The minimum atomic E-state index is -2.87. The number of piperazine rings is 1. The molecule has 0 aromatic heterocycles. The van der Waals surface area contributed by atoms with Crippen LogP contribution in [0.3, 0.4) is 0 Å². The first-order chi connectivity index (χ1) is 13.4. The monoisotopic (exact) mass is 407 g/mol. The molecule has 2 heterocycles. The van der Waals surface area contributed by atoms with E-state index in [2.05, 4.69) is 56.6 Å². The number of aryl methyl sites for hydroxylation is 1. The molecule has 1 aromatic carbocycles. The van der Waals surface area contributed by atoms with E-state index >= 15 is 0 Å². The molecule has 7 nitrogen and oxygen atoms in total. The highest BCUT2D eigenvalue weighted by Crippen LogP contribution is 2.17. The predicted molar refractivity (Wildman–Crippen MR) is 116 cm³/mol. The Morgan fingerprint density at radius 1 is 1.25 bits per heavy atom. The van der Waals surface area contributed by atoms with Crippen molar-refractivity contribution in [2.75, 3.05) is 62.7 Å². The van der Waals surface area contributed by atoms with Gasteiger partial charge in [-0.15, -0.1) is 0 Å². The van der Waals surface area contributed by atoms with Crippen LogP contribution >= 0.6 is 0 Å². The number of hydrogen-bond acceptors (Lipinski definition) is 5. The van der Waals surface area contributed by atoms with Gasteiger partial charge in [-0.25, -0.2) is 8.42 Å². The van der Waals surface area contributed by atoms with Crippen LogP contribution < -0.4 is 15.5 Å². The Morgan fingerprint density at radius 3 is 2.68 bits per heavy atom. The van der Waals surface area contributed by atoms with Crippen LogP contribution in [-0.4, -0.2) is 83.1 Å². The number of aliphatic imine (C=N–C) groups is 1. The van der Waals surface area contributed by atoms with E-state index in [1.165, 1.54) is 11.3 Å². The van der Waals surface area contributed by atoms with E-state index in [1.807, 2.05) is 0 Å². The van der Waals surface area contributed by atoms with E-state index in [4.69, 9.17) is 0 Å². The molecular formula is C20H33N5O2S. The van der Waals surface area contributed by atoms with Gasteiger partial charge in [-0.1, -0.05) is 12.1 Å². The third kappa shape index (κ3) is 6.10. The second kappa shape index (κ2) is 9.60. The summed E-state index contributed by atoms with van der Waals surface area (Å²) in [5.74, 6) is 1.18. The summed E-state index contributed by atoms with van der Waals surface area (Å²) in [6.45, 7) is 8.33. The fourth-order valence-electron chi connectivity index (χ4n) is 3.86. The molecule has 1 aromatic rings. The Labute approximate surface area is 169 Å². The summed E-state index contributed by atoms with van der Waals surface area (Å²) in [6, 6.07) is 8.70. The van der Waals surface area contributed by atoms with Gasteiger partial charge in [0.05, 0.1) is 11.5 Å². The normalized spacial score (nSPS) is 23.0. The van der Waals surface area contributed by atoms with Gasteiger partial charge in [0.2, 0.25) is 0 Å². The molecule has 2 aliphatic heterocycles. The zero-order chi connectivity index (χ0) is 20.0. The van der Waals surface area contributed by atoms with Gasteiger partial charge in [-0.3, -0.25) is 9.89 Å². The molecule has 1 atom stereocenters. The van der Waals surface area contributed by atoms with Crippen LogP contribution in [0.4, 0.5) is 5.69 Å². The number of sulfone groups is 1. The molecule has 28 heavy (non-hydrogen) atoms. The molecule has 0 bridgehead atoms. The fourth-order valence-corrected chi connectivity index (χ4v) is 5.53. The summed E-state index contributed by atoms with van der Waals surface area (Å²) < 4.78 is 23.1. The van der Waals surface area contributed by atoms with E-state index < -0.39 is 9.84 Å². The van der Waals surface area contributed by atoms with E-state index in [9.17, 15) is 8.42 Å². The van der Waals surface area contributed by atoms with E-state index in [1.54, 1.807) is 7.05 Å². The Bertz CT molecular complexity index is 773. The Morgan fingerprint density at radius 2 is 2.04 bits per heavy atom. The maximum Gasteiger partial charge on any atom is 0.191 e. The minimum absolute atomic E-state index is 0.0223. The van der Waals surface area contributed by atoms with Gasteiger partial charge < -0.3 is 15.5 Å². The van der Waals surface area contributed by atoms with Crippen LogP contribution in [0.25, 0.3) is 0 Å². The molecule has 0 saturated carbocycles. The topological polar surface area (TPSA) is 77.0 Å². The minimum Gasteiger partial charge on any atom is -0.369 e. The highest BCUT2D eigenvalue weighted by molar-refractivity contribution is 7.91. The smallest absolute Gasteiger partial charge is 0.191 e. The molecule has 2 aliphatic rings. The van der Waals surface area contributed by atoms with Gasteiger partial charge >= 0.3 is 0 Å². The van der Waals surface area contributed by atoms with Crippen molar-refractivity contribution in [3.63, 3.8) is 0 Å². The predicted octanol–water partition coefficient (Wildman–Crippen LogP) is 0.859. The average molecular weight is 408 g/mol. The quantitative estimate of drug-likeness (QED) is 0.414. The van der Waals surface area contributed by atoms with Gasteiger partial charge in [-0.2, -0.15) is 0 Å². The van der Waals surface area contributed by atoms with Crippen molar-refractivity contribution in [3.8, 4) is 0 Å². The molecule has 2 N–H and O–H groups in total. The molecule has 2 fully saturated rings. The van der Waals surface area contributed by atoms with Gasteiger partial charge in [0, 0.05) is 51.5 Å². The maximum absolute atomic E-state index is 11.6. The fraction of sp³-hybridized carbons (Fsp3) is 0.650. The lowest BCUT2D eigenvalue weighted by molar-refractivity contribution is 0.255. The molecule has 0 amide bonds. The zero-order valence-electron chi connectivity index (χ0n) is 17.0. The van der Waals surface area contributed by atoms with Gasteiger partial charge in [0.15, 0.2) is 15.8 Å². The Kier molecular flexibility index (Phi) is 7.18. The summed E-state index contributed by atoms with van der Waals surface area (Å²) in [7, 11) is -1.15. The molecule has 0 spiro atoms. The number of hydrogen-bond donors (Lipinski definition) is 2. The average Bonchev–Trinajstić information content (AvgIpc) is 3.03. The van der Waals surface area contributed by atoms with Crippen molar-refractivity contribution < 1.29 is 8.42 Å². The largest absolute Gasteiger partial charge is 0.369 e. The van der Waals surface area contributed by atoms with Crippen LogP contribution in [-0.2, 0) is 9.84 Å². The summed E-state index contributed by atoms with van der Waals surface area (Å²) in [4.78, 5) is 9.18.